The summed E-state index contributed by atoms with van der Waals surface area (Å²) in [6, 6.07) is 7.48. The van der Waals surface area contributed by atoms with Crippen molar-refractivity contribution in [2.24, 2.45) is 0 Å². The second-order valence-electron chi connectivity index (χ2n) is 5.07. The molecule has 0 saturated carbocycles. The highest BCUT2D eigenvalue weighted by atomic mass is 16.5. The summed E-state index contributed by atoms with van der Waals surface area (Å²) in [5.41, 5.74) is 0.926. The van der Waals surface area contributed by atoms with E-state index in [4.69, 9.17) is 4.74 Å². The van der Waals surface area contributed by atoms with Gasteiger partial charge in [-0.1, -0.05) is 6.07 Å². The third kappa shape index (κ3) is 3.20. The maximum Gasteiger partial charge on any atom is 0.248 e. The minimum Gasteiger partial charge on any atom is -0.375 e. The predicted octanol–water partition coefficient (Wildman–Crippen LogP) is 1.19. The summed E-state index contributed by atoms with van der Waals surface area (Å²) < 4.78 is 4.85. The van der Waals surface area contributed by atoms with Crippen molar-refractivity contribution in [1.82, 2.24) is 19.9 Å². The normalized spacial score (nSPS) is 14.5. The van der Waals surface area contributed by atoms with Crippen molar-refractivity contribution in [3.05, 3.63) is 42.4 Å². The van der Waals surface area contributed by atoms with Crippen molar-refractivity contribution in [2.75, 3.05) is 32.1 Å². The van der Waals surface area contributed by atoms with Crippen molar-refractivity contribution in [2.45, 2.75) is 5.92 Å². The molecule has 1 aliphatic heterocycles. The third-order valence-corrected chi connectivity index (χ3v) is 3.50. The maximum absolute atomic E-state index is 11.7. The molecule has 2 aromatic rings. The first-order valence-electron chi connectivity index (χ1n) is 7.04. The summed E-state index contributed by atoms with van der Waals surface area (Å²) >= 11 is 0. The van der Waals surface area contributed by atoms with E-state index >= 15 is 0 Å². The number of likely N-dealkylation sites (tertiary alicyclic amines) is 1. The lowest BCUT2D eigenvalue weighted by Crippen LogP contribution is -2.50. The van der Waals surface area contributed by atoms with Crippen LogP contribution >= 0.6 is 0 Å². The van der Waals surface area contributed by atoms with Crippen LogP contribution in [0.25, 0.3) is 0 Å². The largest absolute Gasteiger partial charge is 0.375 e. The molecule has 22 heavy (non-hydrogen) atoms. The zero-order valence-corrected chi connectivity index (χ0v) is 12.3. The molecule has 0 bridgehead atoms. The number of amides is 1. The van der Waals surface area contributed by atoms with Gasteiger partial charge in [0, 0.05) is 38.5 Å². The highest BCUT2D eigenvalue weighted by Gasteiger charge is 2.32. The van der Waals surface area contributed by atoms with Crippen molar-refractivity contribution >= 4 is 17.7 Å². The molecule has 0 radical (unpaired) electrons. The molecule has 1 N–H and O–H groups in total. The molecule has 3 rings (SSSR count). The number of methoxy groups -OCH3 is 1. The maximum atomic E-state index is 11.7. The molecule has 3 heterocycles. The van der Waals surface area contributed by atoms with E-state index in [1.807, 2.05) is 24.3 Å². The van der Waals surface area contributed by atoms with Crippen LogP contribution in [0.15, 0.2) is 36.7 Å². The fourth-order valence-electron chi connectivity index (χ4n) is 2.30. The van der Waals surface area contributed by atoms with Crippen LogP contribution in [0, 0.1) is 0 Å². The van der Waals surface area contributed by atoms with Crippen LogP contribution in [0.3, 0.4) is 0 Å². The first kappa shape index (κ1) is 14.4. The van der Waals surface area contributed by atoms with Crippen LogP contribution in [0.2, 0.25) is 0 Å². The van der Waals surface area contributed by atoms with Crippen LogP contribution in [0.4, 0.5) is 11.8 Å². The Hall–Kier alpha value is -2.54. The van der Waals surface area contributed by atoms with E-state index < -0.39 is 0 Å². The SMILES string of the molecule is COCC(=O)N1CC(c2ccnc(Nc3ccccn3)n2)C1. The smallest absolute Gasteiger partial charge is 0.248 e. The lowest BCUT2D eigenvalue weighted by atomic mass is 9.96. The highest BCUT2D eigenvalue weighted by molar-refractivity contribution is 5.78. The number of anilines is 2. The standard InChI is InChI=1S/C15H17N5O2/c1-22-10-14(21)20-8-11(9-20)12-5-7-17-15(18-12)19-13-4-2-3-6-16-13/h2-7,11H,8-10H2,1H3,(H,16,17,18,19). The molecule has 0 aromatic carbocycles. The average molecular weight is 299 g/mol. The minimum absolute atomic E-state index is 0.0136. The minimum atomic E-state index is 0.0136. The molecule has 7 nitrogen and oxygen atoms in total. The summed E-state index contributed by atoms with van der Waals surface area (Å²) in [7, 11) is 1.52. The molecule has 0 unspecified atom stereocenters. The van der Waals surface area contributed by atoms with E-state index in [0.29, 0.717) is 24.9 Å². The Kier molecular flexibility index (Phi) is 4.24. The zero-order valence-electron chi connectivity index (χ0n) is 12.3. The molecule has 1 amide bonds. The molecule has 0 spiro atoms. The van der Waals surface area contributed by atoms with Gasteiger partial charge in [0.1, 0.15) is 12.4 Å². The number of hydrogen-bond acceptors (Lipinski definition) is 6. The Balaban J connectivity index is 1.62. The van der Waals surface area contributed by atoms with Gasteiger partial charge in [0.15, 0.2) is 0 Å². The van der Waals surface area contributed by atoms with Gasteiger partial charge in [0.25, 0.3) is 0 Å². The zero-order chi connectivity index (χ0) is 15.4. The highest BCUT2D eigenvalue weighted by Crippen LogP contribution is 2.26. The molecule has 1 saturated heterocycles. The van der Waals surface area contributed by atoms with Crippen molar-refractivity contribution in [1.29, 1.82) is 0 Å². The summed E-state index contributed by atoms with van der Waals surface area (Å²) in [6.45, 7) is 1.47. The van der Waals surface area contributed by atoms with Crippen molar-refractivity contribution in [3.63, 3.8) is 0 Å². The topological polar surface area (TPSA) is 80.2 Å². The molecule has 0 aliphatic carbocycles. The number of nitrogens with zero attached hydrogens (tertiary/aromatic N) is 4. The third-order valence-electron chi connectivity index (χ3n) is 3.50. The molecule has 1 aliphatic rings. The van der Waals surface area contributed by atoms with Crippen LogP contribution in [-0.4, -0.2) is 52.6 Å². The number of rotatable bonds is 5. The summed E-state index contributed by atoms with van der Waals surface area (Å²) in [4.78, 5) is 26.3. The van der Waals surface area contributed by atoms with E-state index in [2.05, 4.69) is 20.3 Å². The van der Waals surface area contributed by atoms with E-state index in [0.717, 1.165) is 5.69 Å². The van der Waals surface area contributed by atoms with Crippen LogP contribution in [0.1, 0.15) is 11.6 Å². The predicted molar refractivity (Wildman–Crippen MR) is 80.7 cm³/mol. The van der Waals surface area contributed by atoms with E-state index in [-0.39, 0.29) is 18.4 Å². The van der Waals surface area contributed by atoms with Gasteiger partial charge in [-0.05, 0) is 18.2 Å². The van der Waals surface area contributed by atoms with Gasteiger partial charge in [-0.2, -0.15) is 0 Å². The first-order chi connectivity index (χ1) is 10.8. The van der Waals surface area contributed by atoms with E-state index in [9.17, 15) is 4.79 Å². The monoisotopic (exact) mass is 299 g/mol. The fourth-order valence-corrected chi connectivity index (χ4v) is 2.30. The molecular weight excluding hydrogens is 282 g/mol. The quantitative estimate of drug-likeness (QED) is 0.893. The van der Waals surface area contributed by atoms with Gasteiger partial charge in [-0.3, -0.25) is 4.79 Å². The first-order valence-corrected chi connectivity index (χ1v) is 7.04. The number of aromatic nitrogens is 3. The molecular formula is C15H17N5O2. The van der Waals surface area contributed by atoms with Crippen LogP contribution < -0.4 is 5.32 Å². The van der Waals surface area contributed by atoms with Gasteiger partial charge in [0.2, 0.25) is 11.9 Å². The lowest BCUT2D eigenvalue weighted by molar-refractivity contribution is -0.139. The van der Waals surface area contributed by atoms with E-state index in [1.165, 1.54) is 7.11 Å². The van der Waals surface area contributed by atoms with Gasteiger partial charge in [-0.15, -0.1) is 0 Å². The number of carbonyl (C=O) groups is 1. The molecule has 114 valence electrons. The van der Waals surface area contributed by atoms with Crippen molar-refractivity contribution < 1.29 is 9.53 Å². The average Bonchev–Trinajstić information content (AvgIpc) is 2.47. The Morgan fingerprint density at radius 1 is 1.32 bits per heavy atom. The Bertz CT molecular complexity index is 643. The molecule has 0 atom stereocenters. The molecule has 2 aromatic heterocycles. The lowest BCUT2D eigenvalue weighted by Gasteiger charge is -2.38. The van der Waals surface area contributed by atoms with Gasteiger partial charge in [0.05, 0.1) is 5.69 Å². The van der Waals surface area contributed by atoms with Gasteiger partial charge < -0.3 is 15.0 Å². The summed E-state index contributed by atoms with van der Waals surface area (Å²) in [6.07, 6.45) is 3.42. The van der Waals surface area contributed by atoms with Gasteiger partial charge in [-0.25, -0.2) is 15.0 Å². The summed E-state index contributed by atoms with van der Waals surface area (Å²) in [5, 5.41) is 3.07. The summed E-state index contributed by atoms with van der Waals surface area (Å²) in [5.74, 6) is 1.47. The molecule has 7 heteroatoms. The van der Waals surface area contributed by atoms with Crippen molar-refractivity contribution in [3.8, 4) is 0 Å². The fraction of sp³-hybridized carbons (Fsp3) is 0.333. The molecule has 1 fully saturated rings. The van der Waals surface area contributed by atoms with E-state index in [1.54, 1.807) is 17.3 Å². The Morgan fingerprint density at radius 2 is 2.18 bits per heavy atom. The van der Waals surface area contributed by atoms with Gasteiger partial charge >= 0.3 is 0 Å². The Morgan fingerprint density at radius 3 is 2.91 bits per heavy atom. The number of pyridine rings is 1. The Labute approximate surface area is 128 Å². The number of carbonyl (C=O) groups excluding carboxylic acids is 1. The second kappa shape index (κ2) is 6.48. The second-order valence-corrected chi connectivity index (χ2v) is 5.07. The van der Waals surface area contributed by atoms with Crippen LogP contribution in [-0.2, 0) is 9.53 Å². The van der Waals surface area contributed by atoms with Crippen LogP contribution in [0.5, 0.6) is 0 Å². The number of nitrogens with one attached hydrogen (secondary N) is 1. The number of ether oxygens (including phenoxy) is 1. The number of hydrogen-bond donors (Lipinski definition) is 1.